The summed E-state index contributed by atoms with van der Waals surface area (Å²) >= 11 is -3.65. The average Bonchev–Trinajstić information content (AvgIpc) is 2.55. The second-order valence-corrected chi connectivity index (χ2v) is 8.82. The molecule has 0 aromatic heterocycles. The molecule has 0 unspecified atom stereocenters. The quantitative estimate of drug-likeness (QED) is 0.293. The van der Waals surface area contributed by atoms with Crippen LogP contribution in [0.5, 0.6) is 0 Å². The standard InChI is InChI=1S/3C6H12O2.Ga/c3*1-2-3-4-5-6(7)8;/h3*2-5H2,1H3,(H,7,8);/q;;;+3/p-3. The Hall–Kier alpha value is -0.954. The zero-order valence-corrected chi connectivity index (χ0v) is 18.4. The van der Waals surface area contributed by atoms with Crippen LogP contribution in [0.1, 0.15) is 97.8 Å². The Morgan fingerprint density at radius 2 is 0.840 bits per heavy atom. The first-order valence-electron chi connectivity index (χ1n) is 9.61. The Bertz CT molecular complexity index is 329. The van der Waals surface area contributed by atoms with Gasteiger partial charge in [0.05, 0.1) is 0 Å². The molecule has 0 rings (SSSR count). The molecule has 25 heavy (non-hydrogen) atoms. The summed E-state index contributed by atoms with van der Waals surface area (Å²) in [6.45, 7) is 6.13. The van der Waals surface area contributed by atoms with Gasteiger partial charge in [-0.05, 0) is 0 Å². The molecule has 0 spiro atoms. The van der Waals surface area contributed by atoms with Crippen molar-refractivity contribution < 1.29 is 25.0 Å². The summed E-state index contributed by atoms with van der Waals surface area (Å²) in [6.07, 6.45) is 8.73. The van der Waals surface area contributed by atoms with E-state index in [1.54, 1.807) is 0 Å². The fourth-order valence-corrected chi connectivity index (χ4v) is 4.52. The van der Waals surface area contributed by atoms with Gasteiger partial charge in [0, 0.05) is 0 Å². The Kier molecular flexibility index (Phi) is 15.9. The van der Waals surface area contributed by atoms with Crippen LogP contribution in [0.25, 0.3) is 0 Å². The summed E-state index contributed by atoms with van der Waals surface area (Å²) in [5.74, 6) is -1.33. The summed E-state index contributed by atoms with van der Waals surface area (Å²) in [4.78, 5) is 35.6. The molecule has 0 aromatic carbocycles. The Morgan fingerprint density at radius 3 is 1.08 bits per heavy atom. The molecule has 7 heteroatoms. The van der Waals surface area contributed by atoms with Crippen molar-refractivity contribution in [3.63, 3.8) is 0 Å². The van der Waals surface area contributed by atoms with Crippen molar-refractivity contribution in [2.75, 3.05) is 0 Å². The van der Waals surface area contributed by atoms with E-state index in [2.05, 4.69) is 0 Å². The van der Waals surface area contributed by atoms with Gasteiger partial charge in [-0.25, -0.2) is 0 Å². The molecule has 0 saturated heterocycles. The number of hydrogen-bond donors (Lipinski definition) is 0. The SMILES string of the molecule is CCCCCC(=O)[O][Ga]([O]C(=O)CCCCC)[O]C(=O)CCCCC. The van der Waals surface area contributed by atoms with Crippen LogP contribution in [0.2, 0.25) is 0 Å². The molecule has 0 atom stereocenters. The zero-order chi connectivity index (χ0) is 18.9. The molecule has 0 aromatic rings. The van der Waals surface area contributed by atoms with Crippen LogP contribution in [0.4, 0.5) is 0 Å². The predicted octanol–water partition coefficient (Wildman–Crippen LogP) is 4.34. The van der Waals surface area contributed by atoms with E-state index in [4.69, 9.17) is 10.6 Å². The van der Waals surface area contributed by atoms with E-state index in [0.717, 1.165) is 57.8 Å². The monoisotopic (exact) mass is 414 g/mol. The van der Waals surface area contributed by atoms with Gasteiger partial charge in [-0.3, -0.25) is 0 Å². The second kappa shape index (κ2) is 16.5. The van der Waals surface area contributed by atoms with Crippen molar-refractivity contribution >= 4 is 35.2 Å². The molecule has 0 aliphatic heterocycles. The van der Waals surface area contributed by atoms with E-state index in [0.29, 0.717) is 0 Å². The Balaban J connectivity index is 4.44. The molecule has 0 radical (unpaired) electrons. The van der Waals surface area contributed by atoms with Crippen molar-refractivity contribution in [1.29, 1.82) is 0 Å². The molecule has 0 N–H and O–H groups in total. The van der Waals surface area contributed by atoms with Crippen LogP contribution in [0.15, 0.2) is 0 Å². The fourth-order valence-electron chi connectivity index (χ4n) is 2.13. The molecule has 0 aliphatic carbocycles. The van der Waals surface area contributed by atoms with Crippen LogP contribution in [0, 0.1) is 0 Å². The Morgan fingerprint density at radius 1 is 0.560 bits per heavy atom. The first kappa shape index (κ1) is 24.0. The summed E-state index contributed by atoms with van der Waals surface area (Å²) in [6, 6.07) is 0. The Labute approximate surface area is 158 Å². The van der Waals surface area contributed by atoms with E-state index in [9.17, 15) is 14.4 Å². The number of carbonyl (C=O) groups is 3. The molecule has 144 valence electrons. The van der Waals surface area contributed by atoms with Gasteiger partial charge in [-0.2, -0.15) is 0 Å². The van der Waals surface area contributed by atoms with E-state index < -0.39 is 35.2 Å². The minimum absolute atomic E-state index is 0.260. The third-order valence-corrected chi connectivity index (χ3v) is 6.50. The van der Waals surface area contributed by atoms with Crippen molar-refractivity contribution in [3.8, 4) is 0 Å². The maximum absolute atomic E-state index is 11.9. The summed E-state index contributed by atoms with van der Waals surface area (Å²) < 4.78 is 15.6. The van der Waals surface area contributed by atoms with Gasteiger partial charge in [0.25, 0.3) is 0 Å². The third-order valence-electron chi connectivity index (χ3n) is 3.64. The third kappa shape index (κ3) is 15.0. The second-order valence-electron chi connectivity index (χ2n) is 6.13. The van der Waals surface area contributed by atoms with Crippen molar-refractivity contribution in [3.05, 3.63) is 0 Å². The maximum atomic E-state index is 11.9. The normalized spacial score (nSPS) is 10.2. The summed E-state index contributed by atoms with van der Waals surface area (Å²) in [7, 11) is 0. The zero-order valence-electron chi connectivity index (χ0n) is 16.0. The van der Waals surface area contributed by atoms with Crippen LogP contribution in [-0.2, 0) is 25.0 Å². The van der Waals surface area contributed by atoms with Gasteiger partial charge in [0.15, 0.2) is 0 Å². The fraction of sp³-hybridized carbons (Fsp3) is 0.833. The van der Waals surface area contributed by atoms with Gasteiger partial charge >= 0.3 is 158 Å². The minimum atomic E-state index is -3.65. The van der Waals surface area contributed by atoms with Crippen molar-refractivity contribution in [1.82, 2.24) is 0 Å². The van der Waals surface area contributed by atoms with Gasteiger partial charge < -0.3 is 0 Å². The average molecular weight is 415 g/mol. The predicted molar refractivity (Wildman–Crippen MR) is 96.5 cm³/mol. The molecule has 0 aliphatic rings. The van der Waals surface area contributed by atoms with E-state index in [-0.39, 0.29) is 19.3 Å². The van der Waals surface area contributed by atoms with E-state index in [1.807, 2.05) is 20.8 Å². The van der Waals surface area contributed by atoms with E-state index >= 15 is 0 Å². The molecule has 0 fully saturated rings. The van der Waals surface area contributed by atoms with Crippen molar-refractivity contribution in [2.24, 2.45) is 0 Å². The number of rotatable bonds is 15. The summed E-state index contributed by atoms with van der Waals surface area (Å²) in [5, 5.41) is 0. The molecular formula is C18H33GaO6. The molecule has 0 saturated carbocycles. The van der Waals surface area contributed by atoms with Crippen molar-refractivity contribution in [2.45, 2.75) is 97.8 Å². The van der Waals surface area contributed by atoms with Crippen LogP contribution < -0.4 is 0 Å². The molecule has 0 heterocycles. The number of carbonyl (C=O) groups excluding carboxylic acids is 3. The van der Waals surface area contributed by atoms with Crippen LogP contribution >= 0.6 is 0 Å². The van der Waals surface area contributed by atoms with Gasteiger partial charge in [0.2, 0.25) is 0 Å². The number of hydrogen-bond acceptors (Lipinski definition) is 6. The molecule has 6 nitrogen and oxygen atoms in total. The van der Waals surface area contributed by atoms with Gasteiger partial charge in [-0.1, -0.05) is 0 Å². The molecule has 0 bridgehead atoms. The topological polar surface area (TPSA) is 78.9 Å². The van der Waals surface area contributed by atoms with Gasteiger partial charge in [0.1, 0.15) is 0 Å². The van der Waals surface area contributed by atoms with Crippen LogP contribution in [-0.4, -0.2) is 35.2 Å². The number of unbranched alkanes of at least 4 members (excludes halogenated alkanes) is 6. The van der Waals surface area contributed by atoms with Gasteiger partial charge in [-0.15, -0.1) is 0 Å². The first-order valence-corrected chi connectivity index (χ1v) is 12.6. The molecule has 0 amide bonds. The summed E-state index contributed by atoms with van der Waals surface area (Å²) in [5.41, 5.74) is 0. The van der Waals surface area contributed by atoms with E-state index in [1.165, 1.54) is 0 Å². The van der Waals surface area contributed by atoms with Crippen LogP contribution in [0.3, 0.4) is 0 Å². The first-order chi connectivity index (χ1) is 12.0. The molecular weight excluding hydrogens is 382 g/mol.